The van der Waals surface area contributed by atoms with Crippen molar-refractivity contribution in [3.63, 3.8) is 0 Å². The van der Waals surface area contributed by atoms with Gasteiger partial charge in [-0.15, -0.1) is 0 Å². The molecule has 0 fully saturated rings. The lowest BCUT2D eigenvalue weighted by atomic mass is 10.0. The quantitative estimate of drug-likeness (QED) is 0.739. The molecule has 27 heavy (non-hydrogen) atoms. The molecule has 0 aliphatic rings. The maximum Gasteiger partial charge on any atom is 0.101 e. The summed E-state index contributed by atoms with van der Waals surface area (Å²) >= 11 is 0. The lowest BCUT2D eigenvalue weighted by Crippen LogP contribution is -2.17. The molecule has 2 aromatic heterocycles. The summed E-state index contributed by atoms with van der Waals surface area (Å²) in [4.78, 5) is 4.42. The van der Waals surface area contributed by atoms with E-state index in [0.29, 0.717) is 11.3 Å². The fourth-order valence-corrected chi connectivity index (χ4v) is 3.48. The van der Waals surface area contributed by atoms with Crippen molar-refractivity contribution in [3.8, 4) is 17.2 Å². The SMILES string of the molecule is Cc1c(-c2ccc(C#N)cc2)c(C)n(Cc2ccc(C(C)(C)O)nc2)c1C. The molecule has 4 nitrogen and oxygen atoms in total. The van der Waals surface area contributed by atoms with Crippen LogP contribution in [0.25, 0.3) is 11.1 Å². The van der Waals surface area contributed by atoms with E-state index in [2.05, 4.69) is 36.4 Å². The lowest BCUT2D eigenvalue weighted by molar-refractivity contribution is 0.0738. The summed E-state index contributed by atoms with van der Waals surface area (Å²) < 4.78 is 2.30. The van der Waals surface area contributed by atoms with Crippen LogP contribution in [0.3, 0.4) is 0 Å². The van der Waals surface area contributed by atoms with Gasteiger partial charge in [0.15, 0.2) is 0 Å². The second kappa shape index (κ2) is 7.02. The van der Waals surface area contributed by atoms with Crippen LogP contribution in [-0.2, 0) is 12.1 Å². The monoisotopic (exact) mass is 359 g/mol. The van der Waals surface area contributed by atoms with E-state index in [4.69, 9.17) is 5.26 Å². The van der Waals surface area contributed by atoms with Crippen molar-refractivity contribution in [1.29, 1.82) is 5.26 Å². The zero-order valence-corrected chi connectivity index (χ0v) is 16.5. The van der Waals surface area contributed by atoms with Gasteiger partial charge in [0.05, 0.1) is 17.3 Å². The molecular weight excluding hydrogens is 334 g/mol. The lowest BCUT2D eigenvalue weighted by Gasteiger charge is -2.17. The summed E-state index contributed by atoms with van der Waals surface area (Å²) in [6.45, 7) is 10.6. The highest BCUT2D eigenvalue weighted by molar-refractivity contribution is 5.72. The van der Waals surface area contributed by atoms with Gasteiger partial charge >= 0.3 is 0 Å². The average Bonchev–Trinajstić information content (AvgIpc) is 2.85. The fraction of sp³-hybridized carbons (Fsp3) is 0.304. The number of rotatable bonds is 4. The number of hydrogen-bond donors (Lipinski definition) is 1. The Morgan fingerprint density at radius 1 is 1.04 bits per heavy atom. The van der Waals surface area contributed by atoms with Crippen LogP contribution < -0.4 is 0 Å². The fourth-order valence-electron chi connectivity index (χ4n) is 3.48. The molecule has 0 saturated carbocycles. The van der Waals surface area contributed by atoms with E-state index < -0.39 is 5.60 Å². The molecule has 138 valence electrons. The van der Waals surface area contributed by atoms with Gasteiger partial charge in [0.2, 0.25) is 0 Å². The second-order valence-corrected chi connectivity index (χ2v) is 7.56. The van der Waals surface area contributed by atoms with Crippen molar-refractivity contribution < 1.29 is 5.11 Å². The normalized spacial score (nSPS) is 11.4. The smallest absolute Gasteiger partial charge is 0.101 e. The molecule has 4 heteroatoms. The van der Waals surface area contributed by atoms with E-state index in [9.17, 15) is 5.11 Å². The summed E-state index contributed by atoms with van der Waals surface area (Å²) in [5.74, 6) is 0. The third-order valence-electron chi connectivity index (χ3n) is 5.18. The van der Waals surface area contributed by atoms with Crippen LogP contribution in [-0.4, -0.2) is 14.7 Å². The Morgan fingerprint density at radius 2 is 1.70 bits per heavy atom. The van der Waals surface area contributed by atoms with Gasteiger partial charge in [-0.3, -0.25) is 4.98 Å². The van der Waals surface area contributed by atoms with Crippen LogP contribution >= 0.6 is 0 Å². The first-order chi connectivity index (χ1) is 12.7. The number of hydrogen-bond acceptors (Lipinski definition) is 3. The third-order valence-corrected chi connectivity index (χ3v) is 5.18. The van der Waals surface area contributed by atoms with E-state index in [1.54, 1.807) is 13.8 Å². The summed E-state index contributed by atoms with van der Waals surface area (Å²) in [5, 5.41) is 19.1. The van der Waals surface area contributed by atoms with Crippen LogP contribution in [0.15, 0.2) is 42.6 Å². The van der Waals surface area contributed by atoms with Crippen molar-refractivity contribution in [2.24, 2.45) is 0 Å². The van der Waals surface area contributed by atoms with E-state index in [0.717, 1.165) is 17.7 Å². The summed E-state index contributed by atoms with van der Waals surface area (Å²) in [6, 6.07) is 13.8. The van der Waals surface area contributed by atoms with Crippen LogP contribution in [0.2, 0.25) is 0 Å². The van der Waals surface area contributed by atoms with Gasteiger partial charge in [-0.1, -0.05) is 18.2 Å². The average molecular weight is 359 g/mol. The minimum Gasteiger partial charge on any atom is -0.384 e. The van der Waals surface area contributed by atoms with Gasteiger partial charge in [-0.25, -0.2) is 0 Å². The molecule has 0 saturated heterocycles. The van der Waals surface area contributed by atoms with Gasteiger partial charge < -0.3 is 9.67 Å². The van der Waals surface area contributed by atoms with Gasteiger partial charge in [0.25, 0.3) is 0 Å². The number of pyridine rings is 1. The van der Waals surface area contributed by atoms with Crippen molar-refractivity contribution in [1.82, 2.24) is 9.55 Å². The topological polar surface area (TPSA) is 61.8 Å². The van der Waals surface area contributed by atoms with E-state index in [1.807, 2.05) is 42.6 Å². The minimum atomic E-state index is -0.933. The number of aromatic nitrogens is 2. The molecule has 0 aliphatic heterocycles. The van der Waals surface area contributed by atoms with Crippen LogP contribution in [0.4, 0.5) is 0 Å². The number of nitriles is 1. The van der Waals surface area contributed by atoms with Crippen molar-refractivity contribution in [2.75, 3.05) is 0 Å². The predicted octanol–water partition coefficient (Wildman–Crippen LogP) is 4.62. The van der Waals surface area contributed by atoms with Crippen LogP contribution in [0.1, 0.15) is 47.6 Å². The Hall–Kier alpha value is -2.90. The Labute approximate surface area is 160 Å². The maximum absolute atomic E-state index is 10.1. The molecule has 3 rings (SSSR count). The van der Waals surface area contributed by atoms with Gasteiger partial charge in [0.1, 0.15) is 5.60 Å². The molecule has 0 atom stereocenters. The van der Waals surface area contributed by atoms with E-state index in [1.165, 1.54) is 22.5 Å². The zero-order chi connectivity index (χ0) is 19.8. The van der Waals surface area contributed by atoms with E-state index in [-0.39, 0.29) is 0 Å². The third kappa shape index (κ3) is 3.65. The zero-order valence-electron chi connectivity index (χ0n) is 16.5. The molecule has 1 aromatic carbocycles. The first-order valence-corrected chi connectivity index (χ1v) is 9.07. The Kier molecular flexibility index (Phi) is 4.91. The molecule has 1 N–H and O–H groups in total. The van der Waals surface area contributed by atoms with Crippen molar-refractivity contribution >= 4 is 0 Å². The standard InChI is InChI=1S/C23H25N3O/c1-15-16(2)26(14-19-8-11-21(25-13-19)23(4,5)27)17(3)22(15)20-9-6-18(12-24)7-10-20/h6-11,13,27H,14H2,1-5H3. The molecule has 0 bridgehead atoms. The largest absolute Gasteiger partial charge is 0.384 e. The van der Waals surface area contributed by atoms with Crippen molar-refractivity contribution in [3.05, 3.63) is 76.4 Å². The highest BCUT2D eigenvalue weighted by Crippen LogP contribution is 2.32. The molecule has 0 amide bonds. The first kappa shape index (κ1) is 18.9. The van der Waals surface area contributed by atoms with Crippen molar-refractivity contribution in [2.45, 2.75) is 46.8 Å². The Morgan fingerprint density at radius 3 is 2.22 bits per heavy atom. The molecule has 0 spiro atoms. The van der Waals surface area contributed by atoms with Gasteiger partial charge in [0, 0.05) is 29.7 Å². The van der Waals surface area contributed by atoms with Crippen LogP contribution in [0.5, 0.6) is 0 Å². The summed E-state index contributed by atoms with van der Waals surface area (Å²) in [6.07, 6.45) is 1.84. The number of aliphatic hydroxyl groups is 1. The van der Waals surface area contributed by atoms with Crippen LogP contribution in [0, 0.1) is 32.1 Å². The molecular formula is C23H25N3O. The Bertz CT molecular complexity index is 998. The summed E-state index contributed by atoms with van der Waals surface area (Å²) in [5.41, 5.74) is 7.51. The molecule has 3 aromatic rings. The molecule has 0 aliphatic carbocycles. The maximum atomic E-state index is 10.1. The minimum absolute atomic E-state index is 0.668. The predicted molar refractivity (Wildman–Crippen MR) is 107 cm³/mol. The number of nitrogens with zero attached hydrogens (tertiary/aromatic N) is 3. The van der Waals surface area contributed by atoms with Gasteiger partial charge in [-0.05, 0) is 69.5 Å². The highest BCUT2D eigenvalue weighted by atomic mass is 16.3. The molecule has 0 radical (unpaired) electrons. The van der Waals surface area contributed by atoms with Gasteiger partial charge in [-0.2, -0.15) is 5.26 Å². The summed E-state index contributed by atoms with van der Waals surface area (Å²) in [7, 11) is 0. The second-order valence-electron chi connectivity index (χ2n) is 7.56. The first-order valence-electron chi connectivity index (χ1n) is 9.07. The van der Waals surface area contributed by atoms with E-state index >= 15 is 0 Å². The molecule has 0 unspecified atom stereocenters. The number of benzene rings is 1. The Balaban J connectivity index is 1.96. The highest BCUT2D eigenvalue weighted by Gasteiger charge is 2.19. The molecule has 2 heterocycles.